The molecule has 2 N–H and O–H groups in total. The first kappa shape index (κ1) is 12.3. The van der Waals surface area contributed by atoms with E-state index in [-0.39, 0.29) is 11.6 Å². The van der Waals surface area contributed by atoms with E-state index in [4.69, 9.17) is 14.9 Å². The van der Waals surface area contributed by atoms with Crippen molar-refractivity contribution >= 4 is 0 Å². The molecule has 1 rings (SSSR count). The Kier molecular flexibility index (Phi) is 4.36. The standard InChI is InChI=1S/C12H21NO2/c1-4-12(5-2,14-3)11(13)8-10-6-7-15-9-10/h6-7,9,11H,4-5,8,13H2,1-3H3. The van der Waals surface area contributed by atoms with Gasteiger partial charge in [0.05, 0.1) is 18.1 Å². The highest BCUT2D eigenvalue weighted by Crippen LogP contribution is 2.25. The maximum Gasteiger partial charge on any atom is 0.0935 e. The molecule has 0 bridgehead atoms. The van der Waals surface area contributed by atoms with Crippen LogP contribution >= 0.6 is 0 Å². The Balaban J connectivity index is 2.68. The van der Waals surface area contributed by atoms with E-state index < -0.39 is 0 Å². The van der Waals surface area contributed by atoms with Crippen LogP contribution in [0.25, 0.3) is 0 Å². The van der Waals surface area contributed by atoms with Gasteiger partial charge in [0.1, 0.15) is 0 Å². The van der Waals surface area contributed by atoms with Crippen molar-refractivity contribution < 1.29 is 9.15 Å². The van der Waals surface area contributed by atoms with E-state index in [1.54, 1.807) is 19.6 Å². The Morgan fingerprint density at radius 2 is 2.13 bits per heavy atom. The molecule has 15 heavy (non-hydrogen) atoms. The van der Waals surface area contributed by atoms with Crippen molar-refractivity contribution in [2.24, 2.45) is 5.73 Å². The van der Waals surface area contributed by atoms with Crippen LogP contribution in [0.1, 0.15) is 32.3 Å². The van der Waals surface area contributed by atoms with Gasteiger partial charge in [-0.15, -0.1) is 0 Å². The highest BCUT2D eigenvalue weighted by Gasteiger charge is 2.33. The third kappa shape index (κ3) is 2.61. The lowest BCUT2D eigenvalue weighted by atomic mass is 9.85. The third-order valence-electron chi connectivity index (χ3n) is 3.31. The van der Waals surface area contributed by atoms with Crippen molar-refractivity contribution in [2.75, 3.05) is 7.11 Å². The third-order valence-corrected chi connectivity index (χ3v) is 3.31. The van der Waals surface area contributed by atoms with Crippen LogP contribution in [0, 0.1) is 0 Å². The largest absolute Gasteiger partial charge is 0.472 e. The fourth-order valence-electron chi connectivity index (χ4n) is 2.06. The summed E-state index contributed by atoms with van der Waals surface area (Å²) in [7, 11) is 1.74. The molecule has 0 fully saturated rings. The molecule has 1 aromatic heterocycles. The van der Waals surface area contributed by atoms with Crippen LogP contribution in [-0.4, -0.2) is 18.8 Å². The molecular weight excluding hydrogens is 190 g/mol. The Hall–Kier alpha value is -0.800. The number of methoxy groups -OCH3 is 1. The summed E-state index contributed by atoms with van der Waals surface area (Å²) in [6.45, 7) is 4.23. The van der Waals surface area contributed by atoms with Crippen LogP contribution in [0.2, 0.25) is 0 Å². The van der Waals surface area contributed by atoms with Crippen LogP contribution in [0.4, 0.5) is 0 Å². The summed E-state index contributed by atoms with van der Waals surface area (Å²) in [5.74, 6) is 0. The molecular formula is C12H21NO2. The number of rotatable bonds is 6. The lowest BCUT2D eigenvalue weighted by Crippen LogP contribution is -2.49. The number of nitrogens with two attached hydrogens (primary N) is 1. The van der Waals surface area contributed by atoms with Gasteiger partial charge >= 0.3 is 0 Å². The van der Waals surface area contributed by atoms with E-state index in [0.717, 1.165) is 24.8 Å². The van der Waals surface area contributed by atoms with Gasteiger partial charge in [0.15, 0.2) is 0 Å². The van der Waals surface area contributed by atoms with Crippen molar-refractivity contribution in [1.29, 1.82) is 0 Å². The average molecular weight is 211 g/mol. The minimum Gasteiger partial charge on any atom is -0.472 e. The molecule has 0 saturated carbocycles. The van der Waals surface area contributed by atoms with Gasteiger partial charge in [-0.2, -0.15) is 0 Å². The number of furan rings is 1. The van der Waals surface area contributed by atoms with Crippen LogP contribution < -0.4 is 5.73 Å². The minimum atomic E-state index is -0.211. The van der Waals surface area contributed by atoms with Crippen LogP contribution in [0.3, 0.4) is 0 Å². The van der Waals surface area contributed by atoms with Gasteiger partial charge in [0, 0.05) is 13.2 Å². The second-order valence-electron chi connectivity index (χ2n) is 3.92. The summed E-state index contributed by atoms with van der Waals surface area (Å²) in [4.78, 5) is 0. The first-order valence-electron chi connectivity index (χ1n) is 5.50. The van der Waals surface area contributed by atoms with Crippen molar-refractivity contribution in [1.82, 2.24) is 0 Å². The monoisotopic (exact) mass is 211 g/mol. The Morgan fingerprint density at radius 1 is 1.47 bits per heavy atom. The van der Waals surface area contributed by atoms with E-state index in [0.29, 0.717) is 0 Å². The fourth-order valence-corrected chi connectivity index (χ4v) is 2.06. The van der Waals surface area contributed by atoms with E-state index in [9.17, 15) is 0 Å². The molecule has 0 spiro atoms. The molecule has 0 saturated heterocycles. The van der Waals surface area contributed by atoms with Crippen LogP contribution in [-0.2, 0) is 11.2 Å². The van der Waals surface area contributed by atoms with E-state index >= 15 is 0 Å². The van der Waals surface area contributed by atoms with E-state index in [2.05, 4.69) is 13.8 Å². The molecule has 1 unspecified atom stereocenters. The molecule has 0 radical (unpaired) electrons. The molecule has 1 heterocycles. The second-order valence-corrected chi connectivity index (χ2v) is 3.92. The predicted octanol–water partition coefficient (Wildman–Crippen LogP) is 2.35. The topological polar surface area (TPSA) is 48.4 Å². The zero-order chi connectivity index (χ0) is 11.3. The molecule has 0 aliphatic heterocycles. The Bertz CT molecular complexity index is 257. The second kappa shape index (κ2) is 5.33. The maximum atomic E-state index is 6.21. The molecule has 0 aliphatic rings. The Morgan fingerprint density at radius 3 is 2.53 bits per heavy atom. The summed E-state index contributed by atoms with van der Waals surface area (Å²) in [5.41, 5.74) is 7.13. The Labute approximate surface area is 91.6 Å². The van der Waals surface area contributed by atoms with Crippen molar-refractivity contribution in [3.63, 3.8) is 0 Å². The summed E-state index contributed by atoms with van der Waals surface area (Å²) in [6.07, 6.45) is 6.07. The lowest BCUT2D eigenvalue weighted by Gasteiger charge is -2.36. The minimum absolute atomic E-state index is 0.00935. The SMILES string of the molecule is CCC(CC)(OC)C(N)Cc1ccoc1. The number of hydrogen-bond acceptors (Lipinski definition) is 3. The number of hydrogen-bond donors (Lipinski definition) is 1. The van der Waals surface area contributed by atoms with Gasteiger partial charge < -0.3 is 14.9 Å². The fraction of sp³-hybridized carbons (Fsp3) is 0.667. The predicted molar refractivity (Wildman–Crippen MR) is 60.7 cm³/mol. The summed E-state index contributed by atoms with van der Waals surface area (Å²) in [5, 5.41) is 0. The molecule has 3 heteroatoms. The lowest BCUT2D eigenvalue weighted by molar-refractivity contribution is -0.0374. The highest BCUT2D eigenvalue weighted by atomic mass is 16.5. The average Bonchev–Trinajstić information content (AvgIpc) is 2.74. The smallest absolute Gasteiger partial charge is 0.0935 e. The molecule has 0 aromatic carbocycles. The van der Waals surface area contributed by atoms with E-state index in [1.807, 2.05) is 6.07 Å². The first-order valence-corrected chi connectivity index (χ1v) is 5.50. The van der Waals surface area contributed by atoms with Crippen molar-refractivity contribution in [3.8, 4) is 0 Å². The first-order chi connectivity index (χ1) is 7.18. The highest BCUT2D eigenvalue weighted by molar-refractivity contribution is 5.09. The zero-order valence-electron chi connectivity index (χ0n) is 9.82. The molecule has 3 nitrogen and oxygen atoms in total. The molecule has 1 aromatic rings. The van der Waals surface area contributed by atoms with Crippen molar-refractivity contribution in [3.05, 3.63) is 24.2 Å². The van der Waals surface area contributed by atoms with Crippen molar-refractivity contribution in [2.45, 2.75) is 44.8 Å². The quantitative estimate of drug-likeness (QED) is 0.785. The van der Waals surface area contributed by atoms with E-state index in [1.165, 1.54) is 0 Å². The zero-order valence-corrected chi connectivity index (χ0v) is 9.82. The van der Waals surface area contributed by atoms with Crippen LogP contribution in [0.15, 0.2) is 23.0 Å². The maximum absolute atomic E-state index is 6.21. The summed E-state index contributed by atoms with van der Waals surface area (Å²) >= 11 is 0. The number of ether oxygens (including phenoxy) is 1. The molecule has 0 aliphatic carbocycles. The normalized spacial score (nSPS) is 14.1. The molecule has 1 atom stereocenters. The van der Waals surface area contributed by atoms with Gasteiger partial charge in [0.25, 0.3) is 0 Å². The van der Waals surface area contributed by atoms with Crippen LogP contribution in [0.5, 0.6) is 0 Å². The summed E-state index contributed by atoms with van der Waals surface area (Å²) in [6, 6.07) is 1.96. The van der Waals surface area contributed by atoms with Gasteiger partial charge in [0.2, 0.25) is 0 Å². The van der Waals surface area contributed by atoms with Gasteiger partial charge in [-0.1, -0.05) is 13.8 Å². The van der Waals surface area contributed by atoms with Gasteiger partial charge in [-0.3, -0.25) is 0 Å². The summed E-state index contributed by atoms with van der Waals surface area (Å²) < 4.78 is 10.6. The van der Waals surface area contributed by atoms with Gasteiger partial charge in [-0.05, 0) is 30.9 Å². The van der Waals surface area contributed by atoms with Gasteiger partial charge in [-0.25, -0.2) is 0 Å². The molecule has 86 valence electrons. The molecule has 0 amide bonds.